The van der Waals surface area contributed by atoms with E-state index < -0.39 is 0 Å². The maximum atomic E-state index is 11.5. The van der Waals surface area contributed by atoms with Crippen molar-refractivity contribution in [3.63, 3.8) is 0 Å². The van der Waals surface area contributed by atoms with Crippen molar-refractivity contribution in [1.82, 2.24) is 0 Å². The van der Waals surface area contributed by atoms with Gasteiger partial charge in [-0.3, -0.25) is 4.79 Å². The Kier molecular flexibility index (Phi) is 3.45. The van der Waals surface area contributed by atoms with Crippen molar-refractivity contribution in [2.24, 2.45) is 50.9 Å². The molecule has 8 atom stereocenters. The summed E-state index contributed by atoms with van der Waals surface area (Å²) in [7, 11) is 0. The molecule has 5 rings (SSSR count). The summed E-state index contributed by atoms with van der Waals surface area (Å²) in [4.78, 5) is 11.5. The van der Waals surface area contributed by atoms with Crippen molar-refractivity contribution >= 4 is 11.7 Å². The van der Waals surface area contributed by atoms with Crippen molar-refractivity contribution in [2.75, 3.05) is 0 Å². The van der Waals surface area contributed by atoms with Gasteiger partial charge in [-0.1, -0.05) is 13.8 Å². The maximum Gasteiger partial charge on any atom is 0.302 e. The van der Waals surface area contributed by atoms with E-state index in [9.17, 15) is 4.79 Å². The Morgan fingerprint density at radius 2 is 1.96 bits per heavy atom. The lowest BCUT2D eigenvalue weighted by molar-refractivity contribution is -0.161. The average molecular weight is 359 g/mol. The minimum absolute atomic E-state index is 0.103. The number of fused-ring (bicyclic) bond motifs is 4. The molecule has 5 saturated carbocycles. The van der Waals surface area contributed by atoms with Crippen molar-refractivity contribution in [3.8, 4) is 0 Å². The Morgan fingerprint density at radius 3 is 2.69 bits per heavy atom. The molecule has 0 bridgehead atoms. The smallest absolute Gasteiger partial charge is 0.302 e. The molecule has 5 aliphatic carbocycles. The lowest BCUT2D eigenvalue weighted by Crippen LogP contribution is -2.55. The minimum Gasteiger partial charge on any atom is -0.463 e. The normalized spacial score (nSPS) is 56.1. The Labute approximate surface area is 157 Å². The summed E-state index contributed by atoms with van der Waals surface area (Å²) >= 11 is 0. The van der Waals surface area contributed by atoms with Gasteiger partial charge in [0.05, 0.1) is 0 Å². The summed E-state index contributed by atoms with van der Waals surface area (Å²) in [5, 5.41) is 4.21. The van der Waals surface area contributed by atoms with Gasteiger partial charge in [-0.25, -0.2) is 0 Å². The quantitative estimate of drug-likeness (QED) is 0.432. The molecule has 0 radical (unpaired) electrons. The van der Waals surface area contributed by atoms with Crippen molar-refractivity contribution in [3.05, 3.63) is 0 Å². The van der Waals surface area contributed by atoms with Gasteiger partial charge in [0.15, 0.2) is 0 Å². The summed E-state index contributed by atoms with van der Waals surface area (Å²) in [6, 6.07) is 0. The second-order valence-electron chi connectivity index (χ2n) is 10.6. The maximum absolute atomic E-state index is 11.5. The first-order chi connectivity index (χ1) is 12.3. The fourth-order valence-corrected chi connectivity index (χ4v) is 8.72. The number of carbonyl (C=O) groups excluding carboxylic acids is 1. The number of nitrogens with two attached hydrogens (primary N) is 1. The number of nitrogens with zero attached hydrogens (tertiary/aromatic N) is 1. The van der Waals surface area contributed by atoms with Crippen LogP contribution in [-0.2, 0) is 9.53 Å². The highest BCUT2D eigenvalue weighted by molar-refractivity contribution is 5.92. The third-order valence-electron chi connectivity index (χ3n) is 9.99. The van der Waals surface area contributed by atoms with Crippen LogP contribution in [0.2, 0.25) is 0 Å². The summed E-state index contributed by atoms with van der Waals surface area (Å²) in [5.41, 5.74) is 2.46. The highest BCUT2D eigenvalue weighted by Gasteiger charge is 2.74. The molecule has 0 aliphatic heterocycles. The highest BCUT2D eigenvalue weighted by atomic mass is 16.5. The number of ether oxygens (including phenoxy) is 1. The predicted molar refractivity (Wildman–Crippen MR) is 101 cm³/mol. The highest BCUT2D eigenvalue weighted by Crippen LogP contribution is 2.80. The molecule has 4 heteroatoms. The summed E-state index contributed by atoms with van der Waals surface area (Å²) in [6.45, 7) is 6.61. The lowest BCUT2D eigenvalue weighted by Gasteiger charge is -2.60. The molecule has 5 aliphatic rings. The molecule has 8 unspecified atom stereocenters. The molecule has 0 amide bonds. The summed E-state index contributed by atoms with van der Waals surface area (Å²) < 4.78 is 5.66. The number of hydrogen-bond acceptors (Lipinski definition) is 4. The molecule has 144 valence electrons. The van der Waals surface area contributed by atoms with Gasteiger partial charge in [0.1, 0.15) is 6.10 Å². The zero-order valence-electron chi connectivity index (χ0n) is 16.6. The molecule has 0 aromatic rings. The monoisotopic (exact) mass is 358 g/mol. The number of esters is 1. The van der Waals surface area contributed by atoms with Gasteiger partial charge in [-0.05, 0) is 92.3 Å². The zero-order valence-corrected chi connectivity index (χ0v) is 16.6. The van der Waals surface area contributed by atoms with E-state index >= 15 is 0 Å². The van der Waals surface area contributed by atoms with E-state index in [0.717, 1.165) is 42.9 Å². The van der Waals surface area contributed by atoms with E-state index in [4.69, 9.17) is 10.6 Å². The molecular weight excluding hydrogens is 324 g/mol. The summed E-state index contributed by atoms with van der Waals surface area (Å²) in [5.74, 6) is 8.99. The molecule has 0 aromatic carbocycles. The van der Waals surface area contributed by atoms with E-state index in [1.807, 2.05) is 0 Å². The second kappa shape index (κ2) is 5.26. The fraction of sp³-hybridized carbons (Fsp3) is 0.909. The first-order valence-electron chi connectivity index (χ1n) is 10.8. The van der Waals surface area contributed by atoms with Crippen molar-refractivity contribution in [2.45, 2.75) is 84.7 Å². The molecule has 0 heterocycles. The standard InChI is InChI=1S/C22H34N2O2/c1-13(25)26-15-6-9-21(3)18-7-8-20(2)17(4-5-19(20)24-23)16(18)10-14-11-22(14,21)12-15/h14-18H,4-12,23H2,1-3H3. The first kappa shape index (κ1) is 17.1. The Morgan fingerprint density at radius 1 is 1.15 bits per heavy atom. The van der Waals surface area contributed by atoms with Crippen LogP contribution in [0.4, 0.5) is 0 Å². The molecule has 1 spiro atoms. The number of carbonyl (C=O) groups is 1. The van der Waals surface area contributed by atoms with Gasteiger partial charge in [0.25, 0.3) is 0 Å². The van der Waals surface area contributed by atoms with E-state index in [0.29, 0.717) is 10.8 Å². The van der Waals surface area contributed by atoms with Gasteiger partial charge in [-0.15, -0.1) is 0 Å². The van der Waals surface area contributed by atoms with Crippen LogP contribution in [0.1, 0.15) is 78.6 Å². The van der Waals surface area contributed by atoms with Gasteiger partial charge < -0.3 is 10.6 Å². The average Bonchev–Trinajstić information content (AvgIpc) is 3.16. The molecule has 2 N–H and O–H groups in total. The third kappa shape index (κ3) is 1.97. The molecule has 0 saturated heterocycles. The van der Waals surface area contributed by atoms with Crippen LogP contribution in [0.3, 0.4) is 0 Å². The number of hydrogen-bond donors (Lipinski definition) is 1. The van der Waals surface area contributed by atoms with Crippen LogP contribution < -0.4 is 5.84 Å². The molecule has 26 heavy (non-hydrogen) atoms. The lowest BCUT2D eigenvalue weighted by atomic mass is 9.44. The molecule has 5 fully saturated rings. The van der Waals surface area contributed by atoms with E-state index in [-0.39, 0.29) is 17.5 Å². The molecule has 4 nitrogen and oxygen atoms in total. The van der Waals surface area contributed by atoms with Crippen LogP contribution in [0.25, 0.3) is 0 Å². The van der Waals surface area contributed by atoms with Gasteiger partial charge >= 0.3 is 5.97 Å². The van der Waals surface area contributed by atoms with Crippen molar-refractivity contribution in [1.29, 1.82) is 0 Å². The Hall–Kier alpha value is -1.06. The largest absolute Gasteiger partial charge is 0.463 e. The van der Waals surface area contributed by atoms with Gasteiger partial charge in [-0.2, -0.15) is 5.10 Å². The SMILES string of the molecule is CC(=O)OC1CCC2(C)C3CCC4(C)C(=NN)CCC4C3CC3CC32C1. The zero-order chi connectivity index (χ0) is 18.3. The van der Waals surface area contributed by atoms with Crippen LogP contribution >= 0.6 is 0 Å². The molecular formula is C22H34N2O2. The van der Waals surface area contributed by atoms with Crippen molar-refractivity contribution < 1.29 is 9.53 Å². The Bertz CT molecular complexity index is 675. The number of hydrazone groups is 1. The van der Waals surface area contributed by atoms with E-state index in [2.05, 4.69) is 18.9 Å². The number of rotatable bonds is 1. The van der Waals surface area contributed by atoms with Crippen LogP contribution in [0.15, 0.2) is 5.10 Å². The van der Waals surface area contributed by atoms with Crippen LogP contribution in [0, 0.1) is 39.9 Å². The fourth-order valence-electron chi connectivity index (χ4n) is 8.72. The topological polar surface area (TPSA) is 64.7 Å². The predicted octanol–water partition coefficient (Wildman–Crippen LogP) is 4.28. The van der Waals surface area contributed by atoms with Crippen LogP contribution in [0.5, 0.6) is 0 Å². The van der Waals surface area contributed by atoms with E-state index in [1.165, 1.54) is 44.2 Å². The Balaban J connectivity index is 1.44. The summed E-state index contributed by atoms with van der Waals surface area (Å²) in [6.07, 6.45) is 11.3. The van der Waals surface area contributed by atoms with Crippen LogP contribution in [-0.4, -0.2) is 17.8 Å². The van der Waals surface area contributed by atoms with Gasteiger partial charge in [0.2, 0.25) is 0 Å². The van der Waals surface area contributed by atoms with Gasteiger partial charge in [0, 0.05) is 18.1 Å². The van der Waals surface area contributed by atoms with E-state index in [1.54, 1.807) is 6.92 Å². The minimum atomic E-state index is -0.103. The molecule has 0 aromatic heterocycles. The second-order valence-corrected chi connectivity index (χ2v) is 10.6. The third-order valence-corrected chi connectivity index (χ3v) is 9.99. The first-order valence-corrected chi connectivity index (χ1v) is 10.8.